The Morgan fingerprint density at radius 3 is 1.97 bits per heavy atom. The summed E-state index contributed by atoms with van der Waals surface area (Å²) >= 11 is 0. The topological polar surface area (TPSA) is 114 Å². The molecule has 0 spiro atoms. The molecule has 2 amide bonds. The molecular formula is C24H30N2O6. The summed E-state index contributed by atoms with van der Waals surface area (Å²) in [6.07, 6.45) is -0.700. The van der Waals surface area contributed by atoms with Crippen molar-refractivity contribution in [2.45, 2.75) is 51.5 Å². The standard InChI is InChI=1S/C24H30N2O6/c1-24(2,3)32-16-20(26-23(30)31-15-18-12-8-5-9-13-18)21(27)25-19(22(28)29)14-17-10-6-4-7-11-17/h4-13,19-20H,14-16H2,1-3H3,(H,25,27)(H,26,30)(H,28,29)/t19-,20-/m0/s1. The van der Waals surface area contributed by atoms with Crippen LogP contribution in [-0.2, 0) is 32.1 Å². The largest absolute Gasteiger partial charge is 0.480 e. The normalized spacial score (nSPS) is 13.0. The summed E-state index contributed by atoms with van der Waals surface area (Å²) < 4.78 is 10.8. The molecule has 172 valence electrons. The molecule has 0 saturated heterocycles. The Bertz CT molecular complexity index is 880. The van der Waals surface area contributed by atoms with E-state index >= 15 is 0 Å². The van der Waals surface area contributed by atoms with E-state index < -0.39 is 35.7 Å². The molecule has 8 heteroatoms. The van der Waals surface area contributed by atoms with E-state index in [-0.39, 0.29) is 19.6 Å². The smallest absolute Gasteiger partial charge is 0.408 e. The van der Waals surface area contributed by atoms with Crippen molar-refractivity contribution in [3.63, 3.8) is 0 Å². The summed E-state index contributed by atoms with van der Waals surface area (Å²) in [6.45, 7) is 5.32. The molecule has 0 aliphatic carbocycles. The van der Waals surface area contributed by atoms with Crippen LogP contribution in [0.25, 0.3) is 0 Å². The number of benzene rings is 2. The molecule has 0 aliphatic rings. The highest BCUT2D eigenvalue weighted by Crippen LogP contribution is 2.09. The van der Waals surface area contributed by atoms with Gasteiger partial charge in [-0.1, -0.05) is 60.7 Å². The van der Waals surface area contributed by atoms with E-state index in [1.165, 1.54) is 0 Å². The lowest BCUT2D eigenvalue weighted by Gasteiger charge is -2.25. The van der Waals surface area contributed by atoms with Crippen LogP contribution in [-0.4, -0.2) is 47.4 Å². The third kappa shape index (κ3) is 9.18. The highest BCUT2D eigenvalue weighted by atomic mass is 16.5. The predicted molar refractivity (Wildman–Crippen MR) is 119 cm³/mol. The average molecular weight is 443 g/mol. The predicted octanol–water partition coefficient (Wildman–Crippen LogP) is 2.91. The van der Waals surface area contributed by atoms with Crippen LogP contribution in [0.1, 0.15) is 31.9 Å². The van der Waals surface area contributed by atoms with E-state index in [1.54, 1.807) is 36.4 Å². The lowest BCUT2D eigenvalue weighted by Crippen LogP contribution is -2.54. The second-order valence-corrected chi connectivity index (χ2v) is 8.27. The summed E-state index contributed by atoms with van der Waals surface area (Å²) in [6, 6.07) is 15.8. The van der Waals surface area contributed by atoms with Gasteiger partial charge in [0.15, 0.2) is 0 Å². The molecule has 32 heavy (non-hydrogen) atoms. The molecule has 2 rings (SSSR count). The number of hydrogen-bond acceptors (Lipinski definition) is 5. The number of carbonyl (C=O) groups excluding carboxylic acids is 2. The van der Waals surface area contributed by atoms with Crippen LogP contribution < -0.4 is 10.6 Å². The number of nitrogens with one attached hydrogen (secondary N) is 2. The maximum absolute atomic E-state index is 12.9. The maximum Gasteiger partial charge on any atom is 0.408 e. The fourth-order valence-electron chi connectivity index (χ4n) is 2.75. The van der Waals surface area contributed by atoms with Crippen LogP contribution in [0.15, 0.2) is 60.7 Å². The second kappa shape index (κ2) is 11.9. The second-order valence-electron chi connectivity index (χ2n) is 8.27. The van der Waals surface area contributed by atoms with Crippen molar-refractivity contribution in [3.05, 3.63) is 71.8 Å². The van der Waals surface area contributed by atoms with Gasteiger partial charge in [0.05, 0.1) is 12.2 Å². The molecule has 2 atom stereocenters. The van der Waals surface area contributed by atoms with E-state index in [2.05, 4.69) is 10.6 Å². The van der Waals surface area contributed by atoms with Crippen LogP contribution in [0.3, 0.4) is 0 Å². The van der Waals surface area contributed by atoms with Gasteiger partial charge in [-0.05, 0) is 31.9 Å². The fourth-order valence-corrected chi connectivity index (χ4v) is 2.75. The van der Waals surface area contributed by atoms with Gasteiger partial charge in [-0.2, -0.15) is 0 Å². The number of aliphatic carboxylic acids is 1. The maximum atomic E-state index is 12.9. The van der Waals surface area contributed by atoms with E-state index in [1.807, 2.05) is 45.0 Å². The van der Waals surface area contributed by atoms with Crippen LogP contribution in [0.5, 0.6) is 0 Å². The third-order valence-corrected chi connectivity index (χ3v) is 4.40. The minimum Gasteiger partial charge on any atom is -0.480 e. The van der Waals surface area contributed by atoms with Gasteiger partial charge in [-0.25, -0.2) is 9.59 Å². The molecule has 8 nitrogen and oxygen atoms in total. The minimum atomic E-state index is -1.18. The molecule has 0 saturated carbocycles. The lowest BCUT2D eigenvalue weighted by atomic mass is 10.1. The van der Waals surface area contributed by atoms with Gasteiger partial charge in [-0.15, -0.1) is 0 Å². The summed E-state index contributed by atoms with van der Waals surface area (Å²) in [4.78, 5) is 36.8. The van der Waals surface area contributed by atoms with E-state index in [0.717, 1.165) is 11.1 Å². The zero-order chi connectivity index (χ0) is 23.6. The van der Waals surface area contributed by atoms with Gasteiger partial charge in [0.1, 0.15) is 18.7 Å². The molecule has 2 aromatic carbocycles. The quantitative estimate of drug-likeness (QED) is 0.521. The first-order valence-corrected chi connectivity index (χ1v) is 10.3. The molecular weight excluding hydrogens is 412 g/mol. The summed E-state index contributed by atoms with van der Waals surface area (Å²) in [5.41, 5.74) is 0.992. The van der Waals surface area contributed by atoms with Crippen molar-refractivity contribution in [1.82, 2.24) is 10.6 Å². The molecule has 0 fully saturated rings. The number of hydrogen-bond donors (Lipinski definition) is 3. The first-order valence-electron chi connectivity index (χ1n) is 10.3. The first-order chi connectivity index (χ1) is 15.1. The Morgan fingerprint density at radius 2 is 1.44 bits per heavy atom. The molecule has 0 aliphatic heterocycles. The van der Waals surface area contributed by atoms with E-state index in [9.17, 15) is 19.5 Å². The number of rotatable bonds is 10. The minimum absolute atomic E-state index is 0.0346. The van der Waals surface area contributed by atoms with Crippen molar-refractivity contribution < 1.29 is 29.0 Å². The summed E-state index contributed by atoms with van der Waals surface area (Å²) in [5, 5.41) is 14.5. The van der Waals surface area contributed by atoms with Crippen molar-refractivity contribution >= 4 is 18.0 Å². The molecule has 0 unspecified atom stereocenters. The van der Waals surface area contributed by atoms with Crippen LogP contribution in [0.2, 0.25) is 0 Å². The van der Waals surface area contributed by atoms with Gasteiger partial charge in [0.2, 0.25) is 5.91 Å². The summed E-state index contributed by atoms with van der Waals surface area (Å²) in [5.74, 6) is -1.85. The van der Waals surface area contributed by atoms with Crippen LogP contribution in [0.4, 0.5) is 4.79 Å². The fraction of sp³-hybridized carbons (Fsp3) is 0.375. The number of carboxylic acid groups (broad SMARTS) is 1. The SMILES string of the molecule is CC(C)(C)OC[C@H](NC(=O)OCc1ccccc1)C(=O)N[C@@H](Cc1ccccc1)C(=O)O. The number of carboxylic acids is 1. The van der Waals surface area contributed by atoms with Gasteiger partial charge in [0, 0.05) is 6.42 Å². The number of ether oxygens (including phenoxy) is 2. The summed E-state index contributed by atoms with van der Waals surface area (Å²) in [7, 11) is 0. The van der Waals surface area contributed by atoms with E-state index in [4.69, 9.17) is 9.47 Å². The van der Waals surface area contributed by atoms with Gasteiger partial charge >= 0.3 is 12.1 Å². The molecule has 0 aromatic heterocycles. The first kappa shape index (κ1) is 24.9. The average Bonchev–Trinajstić information content (AvgIpc) is 2.75. The Balaban J connectivity index is 2.03. The van der Waals surface area contributed by atoms with Gasteiger partial charge in [0.25, 0.3) is 0 Å². The zero-order valence-corrected chi connectivity index (χ0v) is 18.5. The van der Waals surface area contributed by atoms with Crippen molar-refractivity contribution in [2.75, 3.05) is 6.61 Å². The highest BCUT2D eigenvalue weighted by molar-refractivity contribution is 5.89. The van der Waals surface area contributed by atoms with E-state index in [0.29, 0.717) is 0 Å². The number of amides is 2. The Kier molecular flexibility index (Phi) is 9.22. The van der Waals surface area contributed by atoms with Crippen molar-refractivity contribution in [3.8, 4) is 0 Å². The Morgan fingerprint density at radius 1 is 0.875 bits per heavy atom. The Labute approximate surface area is 187 Å². The number of carbonyl (C=O) groups is 3. The lowest BCUT2D eigenvalue weighted by molar-refractivity contribution is -0.142. The molecule has 3 N–H and O–H groups in total. The zero-order valence-electron chi connectivity index (χ0n) is 18.5. The third-order valence-electron chi connectivity index (χ3n) is 4.40. The Hall–Kier alpha value is -3.39. The molecule has 0 radical (unpaired) electrons. The molecule has 0 bridgehead atoms. The van der Waals surface area contributed by atoms with Gasteiger partial charge < -0.3 is 25.2 Å². The van der Waals surface area contributed by atoms with Crippen molar-refractivity contribution in [1.29, 1.82) is 0 Å². The monoisotopic (exact) mass is 442 g/mol. The molecule has 2 aromatic rings. The van der Waals surface area contributed by atoms with Crippen molar-refractivity contribution in [2.24, 2.45) is 0 Å². The number of alkyl carbamates (subject to hydrolysis) is 1. The van der Waals surface area contributed by atoms with Crippen LogP contribution in [0, 0.1) is 0 Å². The van der Waals surface area contributed by atoms with Gasteiger partial charge in [-0.3, -0.25) is 4.79 Å². The highest BCUT2D eigenvalue weighted by Gasteiger charge is 2.28. The van der Waals surface area contributed by atoms with Crippen LogP contribution >= 0.6 is 0 Å². The molecule has 0 heterocycles.